The van der Waals surface area contributed by atoms with Crippen LogP contribution in [-0.4, -0.2) is 58.9 Å². The number of carbonyl (C=O) groups is 1. The minimum atomic E-state index is -3.55. The Kier molecular flexibility index (Phi) is 6.82. The van der Waals surface area contributed by atoms with E-state index >= 15 is 0 Å². The molecule has 0 spiro atoms. The molecule has 0 aliphatic heterocycles. The van der Waals surface area contributed by atoms with Crippen LogP contribution in [0.15, 0.2) is 34.4 Å². The van der Waals surface area contributed by atoms with E-state index in [-0.39, 0.29) is 22.9 Å². The SMILES string of the molecule is CCOC(=O)c1cnc(SCc2nc3cc(S(=O)(=O)N(C)C)ccc3n2CC)nc1N. The molecule has 0 aliphatic rings. The average molecular weight is 465 g/mol. The van der Waals surface area contributed by atoms with Crippen LogP contribution in [0.4, 0.5) is 5.82 Å². The van der Waals surface area contributed by atoms with E-state index in [2.05, 4.69) is 15.0 Å². The Labute approximate surface area is 184 Å². The zero-order valence-corrected chi connectivity index (χ0v) is 19.3. The first-order valence-electron chi connectivity index (χ1n) is 9.53. The summed E-state index contributed by atoms with van der Waals surface area (Å²) in [5, 5.41) is 0.399. The Bertz CT molecular complexity index is 1220. The monoisotopic (exact) mass is 464 g/mol. The zero-order valence-electron chi connectivity index (χ0n) is 17.7. The van der Waals surface area contributed by atoms with Crippen molar-refractivity contribution in [3.05, 3.63) is 35.8 Å². The number of fused-ring (bicyclic) bond motifs is 1. The molecule has 0 aliphatic carbocycles. The van der Waals surface area contributed by atoms with Gasteiger partial charge in [-0.1, -0.05) is 11.8 Å². The maximum absolute atomic E-state index is 12.4. The molecule has 166 valence electrons. The first kappa shape index (κ1) is 23.0. The molecule has 2 N–H and O–H groups in total. The fraction of sp³-hybridized carbons (Fsp3) is 0.368. The molecule has 0 bridgehead atoms. The molecule has 12 heteroatoms. The average Bonchev–Trinajstić information content (AvgIpc) is 3.08. The summed E-state index contributed by atoms with van der Waals surface area (Å²) in [6.45, 7) is 4.59. The summed E-state index contributed by atoms with van der Waals surface area (Å²) >= 11 is 1.32. The van der Waals surface area contributed by atoms with Gasteiger partial charge < -0.3 is 15.0 Å². The summed E-state index contributed by atoms with van der Waals surface area (Å²) in [7, 11) is -0.564. The van der Waals surface area contributed by atoms with Crippen molar-refractivity contribution < 1.29 is 17.9 Å². The number of carbonyl (C=O) groups excluding carboxylic acids is 1. The van der Waals surface area contributed by atoms with E-state index in [4.69, 9.17) is 10.5 Å². The number of aromatic nitrogens is 4. The molecule has 0 radical (unpaired) electrons. The number of nitrogens with zero attached hydrogens (tertiary/aromatic N) is 5. The van der Waals surface area contributed by atoms with Crippen LogP contribution in [-0.2, 0) is 27.1 Å². The summed E-state index contributed by atoms with van der Waals surface area (Å²) in [5.74, 6) is 0.682. The van der Waals surface area contributed by atoms with E-state index in [9.17, 15) is 13.2 Å². The number of aryl methyl sites for hydroxylation is 1. The number of hydrogen-bond acceptors (Lipinski definition) is 9. The van der Waals surface area contributed by atoms with E-state index in [1.165, 1.54) is 36.4 Å². The standard InChI is InChI=1S/C19H24N6O4S2/c1-5-25-15-8-7-12(31(27,28)24(3)4)9-14(15)22-16(25)11-30-19-21-10-13(17(20)23-19)18(26)29-6-2/h7-10H,5-6,11H2,1-4H3,(H2,20,21,23). The molecule has 10 nitrogen and oxygen atoms in total. The fourth-order valence-corrected chi connectivity index (χ4v) is 4.63. The molecule has 0 amide bonds. The summed E-state index contributed by atoms with van der Waals surface area (Å²) in [4.78, 5) is 25.0. The third-order valence-electron chi connectivity index (χ3n) is 4.52. The minimum absolute atomic E-state index is 0.0541. The molecule has 2 heterocycles. The normalized spacial score (nSPS) is 11.9. The number of ether oxygens (including phenoxy) is 1. The van der Waals surface area contributed by atoms with Gasteiger partial charge in [0.15, 0.2) is 5.16 Å². The lowest BCUT2D eigenvalue weighted by Gasteiger charge is -2.11. The smallest absolute Gasteiger partial charge is 0.343 e. The highest BCUT2D eigenvalue weighted by Crippen LogP contribution is 2.26. The molecular formula is C19H24N6O4S2. The van der Waals surface area contributed by atoms with Gasteiger partial charge in [0.1, 0.15) is 17.2 Å². The molecule has 0 fully saturated rings. The first-order chi connectivity index (χ1) is 14.7. The number of nitrogens with two attached hydrogens (primary N) is 1. The highest BCUT2D eigenvalue weighted by atomic mass is 32.2. The maximum atomic E-state index is 12.4. The number of rotatable bonds is 8. The van der Waals surface area contributed by atoms with Crippen molar-refractivity contribution in [2.45, 2.75) is 36.2 Å². The topological polar surface area (TPSA) is 133 Å². The Morgan fingerprint density at radius 1 is 1.26 bits per heavy atom. The van der Waals surface area contributed by atoms with Crippen LogP contribution in [0.2, 0.25) is 0 Å². The number of sulfonamides is 1. The molecule has 0 atom stereocenters. The third kappa shape index (κ3) is 4.65. The Balaban J connectivity index is 1.86. The number of imidazole rings is 1. The van der Waals surface area contributed by atoms with E-state index in [0.29, 0.717) is 23.0 Å². The largest absolute Gasteiger partial charge is 0.462 e. The van der Waals surface area contributed by atoms with Gasteiger partial charge in [-0.3, -0.25) is 0 Å². The molecule has 1 aromatic carbocycles. The van der Waals surface area contributed by atoms with Gasteiger partial charge in [-0.05, 0) is 32.0 Å². The lowest BCUT2D eigenvalue weighted by molar-refractivity contribution is 0.0526. The molecule has 3 rings (SSSR count). The predicted molar refractivity (Wildman–Crippen MR) is 118 cm³/mol. The fourth-order valence-electron chi connectivity index (χ4n) is 2.94. The lowest BCUT2D eigenvalue weighted by Crippen LogP contribution is -2.22. The molecule has 0 unspecified atom stereocenters. The van der Waals surface area contributed by atoms with Crippen LogP contribution in [0.25, 0.3) is 11.0 Å². The third-order valence-corrected chi connectivity index (χ3v) is 7.18. The minimum Gasteiger partial charge on any atom is -0.462 e. The van der Waals surface area contributed by atoms with Crippen LogP contribution in [0.5, 0.6) is 0 Å². The van der Waals surface area contributed by atoms with E-state index in [0.717, 1.165) is 11.3 Å². The number of esters is 1. The van der Waals surface area contributed by atoms with Gasteiger partial charge in [0.05, 0.1) is 28.3 Å². The van der Waals surface area contributed by atoms with E-state index < -0.39 is 16.0 Å². The molecule has 3 aromatic rings. The number of benzene rings is 1. The van der Waals surface area contributed by atoms with Crippen molar-refractivity contribution in [3.8, 4) is 0 Å². The van der Waals surface area contributed by atoms with Crippen LogP contribution in [0, 0.1) is 0 Å². The summed E-state index contributed by atoms with van der Waals surface area (Å²) in [6.07, 6.45) is 1.35. The van der Waals surface area contributed by atoms with E-state index in [1.54, 1.807) is 25.1 Å². The quantitative estimate of drug-likeness (QED) is 0.302. The molecule has 2 aromatic heterocycles. The van der Waals surface area contributed by atoms with Crippen molar-refractivity contribution in [1.82, 2.24) is 23.8 Å². The van der Waals surface area contributed by atoms with Crippen molar-refractivity contribution in [3.63, 3.8) is 0 Å². The predicted octanol–water partition coefficient (Wildman–Crippen LogP) is 2.15. The molecular weight excluding hydrogens is 440 g/mol. The summed E-state index contributed by atoms with van der Waals surface area (Å²) < 4.78 is 32.9. The van der Waals surface area contributed by atoms with Gasteiger partial charge >= 0.3 is 5.97 Å². The van der Waals surface area contributed by atoms with Gasteiger partial charge in [-0.25, -0.2) is 32.5 Å². The van der Waals surface area contributed by atoms with Gasteiger partial charge in [-0.2, -0.15) is 0 Å². The van der Waals surface area contributed by atoms with Gasteiger partial charge in [0.25, 0.3) is 0 Å². The number of anilines is 1. The van der Waals surface area contributed by atoms with Crippen molar-refractivity contribution in [2.75, 3.05) is 26.4 Å². The van der Waals surface area contributed by atoms with Crippen LogP contribution in [0.1, 0.15) is 30.0 Å². The van der Waals surface area contributed by atoms with Crippen LogP contribution in [0.3, 0.4) is 0 Å². The van der Waals surface area contributed by atoms with Crippen LogP contribution < -0.4 is 5.73 Å². The number of thioether (sulfide) groups is 1. The number of hydrogen-bond donors (Lipinski definition) is 1. The van der Waals surface area contributed by atoms with Crippen molar-refractivity contribution in [1.29, 1.82) is 0 Å². The first-order valence-corrected chi connectivity index (χ1v) is 12.0. The summed E-state index contributed by atoms with van der Waals surface area (Å²) in [5.41, 5.74) is 7.44. The summed E-state index contributed by atoms with van der Waals surface area (Å²) in [6, 6.07) is 4.92. The molecule has 31 heavy (non-hydrogen) atoms. The lowest BCUT2D eigenvalue weighted by atomic mass is 10.3. The molecule has 0 saturated heterocycles. The van der Waals surface area contributed by atoms with Gasteiger partial charge in [-0.15, -0.1) is 0 Å². The highest BCUT2D eigenvalue weighted by Gasteiger charge is 2.20. The molecule has 0 saturated carbocycles. The Morgan fingerprint density at radius 2 is 2.00 bits per heavy atom. The van der Waals surface area contributed by atoms with Crippen LogP contribution >= 0.6 is 11.8 Å². The van der Waals surface area contributed by atoms with E-state index in [1.807, 2.05) is 11.5 Å². The second-order valence-corrected chi connectivity index (χ2v) is 9.77. The van der Waals surface area contributed by atoms with Gasteiger partial charge in [0, 0.05) is 26.8 Å². The zero-order chi connectivity index (χ0) is 22.8. The highest BCUT2D eigenvalue weighted by molar-refractivity contribution is 7.98. The van der Waals surface area contributed by atoms with Gasteiger partial charge in [0.2, 0.25) is 10.0 Å². The maximum Gasteiger partial charge on any atom is 0.343 e. The Hall–Kier alpha value is -2.70. The number of nitrogen functional groups attached to an aromatic ring is 1. The second kappa shape index (κ2) is 9.20. The van der Waals surface area contributed by atoms with Crippen molar-refractivity contribution >= 4 is 44.6 Å². The Morgan fingerprint density at radius 3 is 2.61 bits per heavy atom. The second-order valence-electron chi connectivity index (χ2n) is 6.67. The van der Waals surface area contributed by atoms with Crippen molar-refractivity contribution in [2.24, 2.45) is 0 Å².